The minimum absolute atomic E-state index is 0.206. The number of rotatable bonds is 3. The SMILES string of the molecule is CCOC(=O)[C@@H]1C(=O)C=CC[C@H]1[C@H]1COC(C)(C)O1. The maximum atomic E-state index is 12.0. The lowest BCUT2D eigenvalue weighted by atomic mass is 9.79. The van der Waals surface area contributed by atoms with Gasteiger partial charge < -0.3 is 14.2 Å². The van der Waals surface area contributed by atoms with Crippen molar-refractivity contribution in [1.29, 1.82) is 0 Å². The number of ketones is 1. The average Bonchev–Trinajstić information content (AvgIpc) is 2.69. The van der Waals surface area contributed by atoms with Crippen molar-refractivity contribution in [2.24, 2.45) is 11.8 Å². The lowest BCUT2D eigenvalue weighted by Gasteiger charge is -2.30. The van der Waals surface area contributed by atoms with Crippen molar-refractivity contribution in [1.82, 2.24) is 0 Å². The molecule has 1 saturated heterocycles. The number of esters is 1. The molecule has 0 saturated carbocycles. The third-order valence-corrected chi connectivity index (χ3v) is 3.47. The fourth-order valence-electron chi connectivity index (χ4n) is 2.61. The third-order valence-electron chi connectivity index (χ3n) is 3.47. The molecule has 0 amide bonds. The summed E-state index contributed by atoms with van der Waals surface area (Å²) in [5.74, 6) is -2.31. The predicted molar refractivity (Wildman–Crippen MR) is 67.3 cm³/mol. The molecule has 0 unspecified atom stereocenters. The summed E-state index contributed by atoms with van der Waals surface area (Å²) in [4.78, 5) is 23.9. The van der Waals surface area contributed by atoms with Crippen molar-refractivity contribution >= 4 is 11.8 Å². The van der Waals surface area contributed by atoms with E-state index in [4.69, 9.17) is 14.2 Å². The Hall–Kier alpha value is -1.20. The summed E-state index contributed by atoms with van der Waals surface area (Å²) in [7, 11) is 0. The van der Waals surface area contributed by atoms with E-state index in [2.05, 4.69) is 0 Å². The van der Waals surface area contributed by atoms with E-state index in [9.17, 15) is 9.59 Å². The van der Waals surface area contributed by atoms with Gasteiger partial charge in [0.2, 0.25) is 0 Å². The standard InChI is InChI=1S/C14H20O5/c1-4-17-13(16)12-9(6-5-7-10(12)15)11-8-18-14(2,3)19-11/h5,7,9,11-12H,4,6,8H2,1-3H3/t9-,11+,12-/m0/s1. The van der Waals surface area contributed by atoms with Gasteiger partial charge >= 0.3 is 5.97 Å². The van der Waals surface area contributed by atoms with Gasteiger partial charge in [-0.15, -0.1) is 0 Å². The summed E-state index contributed by atoms with van der Waals surface area (Å²) >= 11 is 0. The Kier molecular flexibility index (Phi) is 4.06. The fourth-order valence-corrected chi connectivity index (χ4v) is 2.61. The summed E-state index contributed by atoms with van der Waals surface area (Å²) < 4.78 is 16.3. The first-order chi connectivity index (χ1) is 8.94. The van der Waals surface area contributed by atoms with Gasteiger partial charge in [0.1, 0.15) is 5.92 Å². The molecule has 1 aliphatic heterocycles. The largest absolute Gasteiger partial charge is 0.465 e. The van der Waals surface area contributed by atoms with Crippen molar-refractivity contribution in [3.05, 3.63) is 12.2 Å². The van der Waals surface area contributed by atoms with Gasteiger partial charge in [-0.05, 0) is 33.3 Å². The number of allylic oxidation sites excluding steroid dienone is 2. The fraction of sp³-hybridized carbons (Fsp3) is 0.714. The first kappa shape index (κ1) is 14.2. The van der Waals surface area contributed by atoms with Crippen LogP contribution < -0.4 is 0 Å². The van der Waals surface area contributed by atoms with Crippen LogP contribution in [0.2, 0.25) is 0 Å². The molecule has 1 aliphatic carbocycles. The predicted octanol–water partition coefficient (Wildman–Crippen LogP) is 1.46. The number of carbonyl (C=O) groups is 2. The van der Waals surface area contributed by atoms with Crippen LogP contribution in [0.5, 0.6) is 0 Å². The van der Waals surface area contributed by atoms with E-state index in [0.717, 1.165) is 0 Å². The normalized spacial score (nSPS) is 33.4. The second-order valence-corrected chi connectivity index (χ2v) is 5.30. The first-order valence-electron chi connectivity index (χ1n) is 6.63. The molecule has 0 spiro atoms. The van der Waals surface area contributed by atoms with Gasteiger partial charge in [0, 0.05) is 5.92 Å². The van der Waals surface area contributed by atoms with Crippen LogP contribution in [0.1, 0.15) is 27.2 Å². The van der Waals surface area contributed by atoms with Crippen molar-refractivity contribution < 1.29 is 23.8 Å². The average molecular weight is 268 g/mol. The maximum Gasteiger partial charge on any atom is 0.317 e. The molecular formula is C14H20O5. The van der Waals surface area contributed by atoms with E-state index in [-0.39, 0.29) is 24.4 Å². The molecule has 0 N–H and O–H groups in total. The molecule has 5 heteroatoms. The molecule has 0 aromatic rings. The molecule has 3 atom stereocenters. The highest BCUT2D eigenvalue weighted by Gasteiger charge is 2.46. The molecule has 106 valence electrons. The van der Waals surface area contributed by atoms with Crippen LogP contribution in [-0.2, 0) is 23.8 Å². The van der Waals surface area contributed by atoms with E-state index in [1.165, 1.54) is 6.08 Å². The van der Waals surface area contributed by atoms with Crippen molar-refractivity contribution in [2.45, 2.75) is 39.1 Å². The second kappa shape index (κ2) is 5.43. The molecule has 0 radical (unpaired) electrons. The van der Waals surface area contributed by atoms with Gasteiger partial charge in [0.15, 0.2) is 11.6 Å². The first-order valence-corrected chi connectivity index (χ1v) is 6.63. The summed E-state index contributed by atoms with van der Waals surface area (Å²) in [5.41, 5.74) is 0. The van der Waals surface area contributed by atoms with Crippen molar-refractivity contribution in [3.63, 3.8) is 0 Å². The van der Waals surface area contributed by atoms with E-state index in [1.807, 2.05) is 13.8 Å². The van der Waals surface area contributed by atoms with Gasteiger partial charge in [-0.1, -0.05) is 6.08 Å². The monoisotopic (exact) mass is 268 g/mol. The minimum atomic E-state index is -0.771. The molecule has 2 rings (SSSR count). The van der Waals surface area contributed by atoms with Crippen LogP contribution in [0.3, 0.4) is 0 Å². The smallest absolute Gasteiger partial charge is 0.317 e. The third kappa shape index (κ3) is 3.04. The Morgan fingerprint density at radius 2 is 2.26 bits per heavy atom. The Balaban J connectivity index is 2.15. The van der Waals surface area contributed by atoms with Crippen LogP contribution >= 0.6 is 0 Å². The van der Waals surface area contributed by atoms with Crippen molar-refractivity contribution in [2.75, 3.05) is 13.2 Å². The van der Waals surface area contributed by atoms with Crippen LogP contribution in [0.4, 0.5) is 0 Å². The quantitative estimate of drug-likeness (QED) is 0.573. The number of hydrogen-bond acceptors (Lipinski definition) is 5. The summed E-state index contributed by atoms with van der Waals surface area (Å²) in [6.07, 6.45) is 3.62. The maximum absolute atomic E-state index is 12.0. The summed E-state index contributed by atoms with van der Waals surface area (Å²) in [5, 5.41) is 0. The molecule has 1 heterocycles. The van der Waals surface area contributed by atoms with Gasteiger partial charge in [0.05, 0.1) is 19.3 Å². The Labute approximate surface area is 112 Å². The minimum Gasteiger partial charge on any atom is -0.465 e. The molecule has 5 nitrogen and oxygen atoms in total. The van der Waals surface area contributed by atoms with Gasteiger partial charge in [0.25, 0.3) is 0 Å². The number of carbonyl (C=O) groups excluding carboxylic acids is 2. The topological polar surface area (TPSA) is 61.8 Å². The molecule has 0 aromatic heterocycles. The van der Waals surface area contributed by atoms with Crippen LogP contribution in [-0.4, -0.2) is 36.9 Å². The second-order valence-electron chi connectivity index (χ2n) is 5.30. The van der Waals surface area contributed by atoms with Crippen molar-refractivity contribution in [3.8, 4) is 0 Å². The molecule has 0 bridgehead atoms. The highest BCUT2D eigenvalue weighted by atomic mass is 16.7. The highest BCUT2D eigenvalue weighted by molar-refractivity contribution is 6.06. The molecule has 19 heavy (non-hydrogen) atoms. The zero-order valence-electron chi connectivity index (χ0n) is 11.5. The van der Waals surface area contributed by atoms with E-state index in [0.29, 0.717) is 13.0 Å². The molecule has 1 fully saturated rings. The van der Waals surface area contributed by atoms with Crippen LogP contribution in [0, 0.1) is 11.8 Å². The van der Waals surface area contributed by atoms with Gasteiger partial charge in [-0.25, -0.2) is 0 Å². The van der Waals surface area contributed by atoms with E-state index in [1.54, 1.807) is 13.0 Å². The lowest BCUT2D eigenvalue weighted by Crippen LogP contribution is -2.41. The molecule has 0 aromatic carbocycles. The Bertz CT molecular complexity index is 399. The van der Waals surface area contributed by atoms with E-state index < -0.39 is 17.7 Å². The zero-order chi connectivity index (χ0) is 14.0. The Morgan fingerprint density at radius 1 is 1.53 bits per heavy atom. The zero-order valence-corrected chi connectivity index (χ0v) is 11.5. The summed E-state index contributed by atoms with van der Waals surface area (Å²) in [6, 6.07) is 0. The number of hydrogen-bond donors (Lipinski definition) is 0. The van der Waals surface area contributed by atoms with Gasteiger partial charge in [-0.3, -0.25) is 9.59 Å². The van der Waals surface area contributed by atoms with Crippen LogP contribution in [0.15, 0.2) is 12.2 Å². The summed E-state index contributed by atoms with van der Waals surface area (Å²) in [6.45, 7) is 6.05. The molecule has 2 aliphatic rings. The Morgan fingerprint density at radius 3 is 2.84 bits per heavy atom. The molecular weight excluding hydrogens is 248 g/mol. The highest BCUT2D eigenvalue weighted by Crippen LogP contribution is 2.35. The number of ether oxygens (including phenoxy) is 3. The van der Waals surface area contributed by atoms with Gasteiger partial charge in [-0.2, -0.15) is 0 Å². The van der Waals surface area contributed by atoms with Crippen LogP contribution in [0.25, 0.3) is 0 Å². The lowest BCUT2D eigenvalue weighted by molar-refractivity contribution is -0.163. The van der Waals surface area contributed by atoms with E-state index >= 15 is 0 Å².